The van der Waals surface area contributed by atoms with Crippen molar-refractivity contribution in [2.75, 3.05) is 6.61 Å². The van der Waals surface area contributed by atoms with Crippen LogP contribution < -0.4 is 0 Å². The molecule has 0 amide bonds. The second kappa shape index (κ2) is 9.57. The number of fused-ring (bicyclic) bond motifs is 1. The molecule has 0 saturated heterocycles. The van der Waals surface area contributed by atoms with Gasteiger partial charge in [0.05, 0.1) is 12.2 Å². The topological polar surface area (TPSA) is 40.5 Å². The van der Waals surface area contributed by atoms with Crippen molar-refractivity contribution in [3.05, 3.63) is 23.8 Å². The molecule has 0 aromatic carbocycles. The molecule has 3 aliphatic carbocycles. The van der Waals surface area contributed by atoms with Gasteiger partial charge < -0.3 is 10.2 Å². The predicted molar refractivity (Wildman–Crippen MR) is 136 cm³/mol. The maximum Gasteiger partial charge on any atom is 0.0653 e. The Morgan fingerprint density at radius 1 is 0.969 bits per heavy atom. The summed E-state index contributed by atoms with van der Waals surface area (Å²) in [6.45, 7) is 18.8. The molecule has 3 aliphatic rings. The Balaban J connectivity index is 1.66. The van der Waals surface area contributed by atoms with Gasteiger partial charge >= 0.3 is 0 Å². The van der Waals surface area contributed by atoms with Gasteiger partial charge in [-0.05, 0) is 117 Å². The lowest BCUT2D eigenvalue weighted by Gasteiger charge is -2.61. The van der Waals surface area contributed by atoms with Gasteiger partial charge in [0.2, 0.25) is 0 Å². The van der Waals surface area contributed by atoms with Gasteiger partial charge in [-0.2, -0.15) is 0 Å². The first-order chi connectivity index (χ1) is 14.8. The van der Waals surface area contributed by atoms with Crippen LogP contribution in [0.1, 0.15) is 119 Å². The van der Waals surface area contributed by atoms with Crippen molar-refractivity contribution in [1.29, 1.82) is 0 Å². The first-order valence-electron chi connectivity index (χ1n) is 13.5. The summed E-state index contributed by atoms with van der Waals surface area (Å²) in [7, 11) is 0. The van der Waals surface area contributed by atoms with Crippen molar-refractivity contribution >= 4 is 0 Å². The summed E-state index contributed by atoms with van der Waals surface area (Å²) in [5, 5.41) is 21.5. The molecule has 0 spiro atoms. The van der Waals surface area contributed by atoms with E-state index in [1.165, 1.54) is 49.7 Å². The minimum absolute atomic E-state index is 0.160. The van der Waals surface area contributed by atoms with E-state index in [2.05, 4.69) is 54.2 Å². The van der Waals surface area contributed by atoms with Crippen molar-refractivity contribution < 1.29 is 10.2 Å². The number of hydrogen-bond acceptors (Lipinski definition) is 2. The highest BCUT2D eigenvalue weighted by molar-refractivity contribution is 5.12. The van der Waals surface area contributed by atoms with E-state index in [-0.39, 0.29) is 12.0 Å². The van der Waals surface area contributed by atoms with E-state index in [1.54, 1.807) is 0 Å². The number of aliphatic hydroxyl groups excluding tert-OH is 1. The lowest BCUT2D eigenvalue weighted by Crippen LogP contribution is -2.57. The van der Waals surface area contributed by atoms with E-state index >= 15 is 0 Å². The van der Waals surface area contributed by atoms with Crippen LogP contribution in [-0.2, 0) is 0 Å². The second-order valence-corrected chi connectivity index (χ2v) is 13.5. The van der Waals surface area contributed by atoms with Crippen LogP contribution in [0.5, 0.6) is 0 Å². The van der Waals surface area contributed by atoms with E-state index in [0.717, 1.165) is 38.5 Å². The minimum Gasteiger partial charge on any atom is -0.392 e. The smallest absolute Gasteiger partial charge is 0.0653 e. The fraction of sp³-hybridized carbons (Fsp3) is 0.867. The van der Waals surface area contributed by atoms with Gasteiger partial charge in [-0.15, -0.1) is 0 Å². The number of rotatable bonds is 7. The normalized spacial score (nSPS) is 39.6. The Labute approximate surface area is 199 Å². The number of hydrogen-bond donors (Lipinski definition) is 2. The molecule has 0 radical (unpaired) electrons. The zero-order chi connectivity index (χ0) is 23.8. The molecule has 0 aromatic heterocycles. The summed E-state index contributed by atoms with van der Waals surface area (Å²) in [6.07, 6.45) is 16.0. The van der Waals surface area contributed by atoms with E-state index in [9.17, 15) is 10.2 Å². The van der Waals surface area contributed by atoms with E-state index in [1.807, 2.05) is 0 Å². The molecule has 3 saturated carbocycles. The highest BCUT2D eigenvalue weighted by atomic mass is 16.3. The van der Waals surface area contributed by atoms with Gasteiger partial charge in [0, 0.05) is 0 Å². The number of aliphatic hydroxyl groups is 2. The molecule has 184 valence electrons. The van der Waals surface area contributed by atoms with Crippen LogP contribution in [-0.4, -0.2) is 22.4 Å². The molecule has 2 N–H and O–H groups in total. The van der Waals surface area contributed by atoms with Gasteiger partial charge in [0.1, 0.15) is 0 Å². The van der Waals surface area contributed by atoms with Gasteiger partial charge in [0.25, 0.3) is 0 Å². The SMILES string of the molecule is C=C1CCCC(C)(C)[C@@H]1CC/C(=C\CC[C@@H]1[C@@]2(C)CCCC(C)(C)[C@@H]2CC[C@@]1(C)O)CO. The largest absolute Gasteiger partial charge is 0.392 e. The Bertz CT molecular complexity index is 698. The zero-order valence-corrected chi connectivity index (χ0v) is 22.1. The monoisotopic (exact) mass is 444 g/mol. The molecule has 32 heavy (non-hydrogen) atoms. The van der Waals surface area contributed by atoms with Crippen LogP contribution in [0.4, 0.5) is 0 Å². The van der Waals surface area contributed by atoms with Crippen LogP contribution in [0.25, 0.3) is 0 Å². The average molecular weight is 445 g/mol. The molecule has 0 aromatic rings. The summed E-state index contributed by atoms with van der Waals surface area (Å²) in [4.78, 5) is 0. The molecule has 2 nitrogen and oxygen atoms in total. The Kier molecular flexibility index (Phi) is 7.78. The third kappa shape index (κ3) is 5.22. The molecule has 5 atom stereocenters. The number of allylic oxidation sites excluding steroid dienone is 2. The summed E-state index contributed by atoms with van der Waals surface area (Å²) < 4.78 is 0. The van der Waals surface area contributed by atoms with Crippen LogP contribution in [0.3, 0.4) is 0 Å². The Morgan fingerprint density at radius 3 is 2.31 bits per heavy atom. The molecular formula is C30H52O2. The molecule has 3 rings (SSSR count). The molecule has 0 unspecified atom stereocenters. The molecule has 0 heterocycles. The highest BCUT2D eigenvalue weighted by Gasteiger charge is 2.57. The quantitative estimate of drug-likeness (QED) is 0.393. The summed E-state index contributed by atoms with van der Waals surface area (Å²) in [5.74, 6) is 1.60. The molecular weight excluding hydrogens is 392 g/mol. The first kappa shape index (κ1) is 26.0. The average Bonchev–Trinajstić information content (AvgIpc) is 2.66. The van der Waals surface area contributed by atoms with Crippen LogP contribution in [0.15, 0.2) is 23.8 Å². The molecule has 0 bridgehead atoms. The maximum atomic E-state index is 11.4. The Hall–Kier alpha value is -0.600. The lowest BCUT2D eigenvalue weighted by molar-refractivity contribution is -0.168. The maximum absolute atomic E-state index is 11.4. The standard InChI is InChI=1S/C30H52O2/c1-22-11-9-17-27(2,3)24(22)15-14-23(21-31)12-8-13-26-29(6)19-10-18-28(4,5)25(29)16-20-30(26,7)32/h12,24-26,31-32H,1,8-11,13-21H2,2-7H3/b23-12+/t24-,25+,26-,29+,30-/m1/s1. The van der Waals surface area contributed by atoms with Crippen molar-refractivity contribution in [2.45, 2.75) is 124 Å². The van der Waals surface area contributed by atoms with Gasteiger partial charge in [-0.1, -0.05) is 59.3 Å². The summed E-state index contributed by atoms with van der Waals surface area (Å²) in [5.41, 5.74) is 2.95. The van der Waals surface area contributed by atoms with Crippen molar-refractivity contribution in [3.8, 4) is 0 Å². The summed E-state index contributed by atoms with van der Waals surface area (Å²) in [6, 6.07) is 0. The van der Waals surface area contributed by atoms with Crippen molar-refractivity contribution in [3.63, 3.8) is 0 Å². The van der Waals surface area contributed by atoms with Crippen molar-refractivity contribution in [2.24, 2.45) is 34.0 Å². The van der Waals surface area contributed by atoms with Gasteiger partial charge in [-0.3, -0.25) is 0 Å². The van der Waals surface area contributed by atoms with Crippen LogP contribution in [0, 0.1) is 34.0 Å². The minimum atomic E-state index is -0.574. The van der Waals surface area contributed by atoms with Crippen molar-refractivity contribution in [1.82, 2.24) is 0 Å². The van der Waals surface area contributed by atoms with Gasteiger partial charge in [-0.25, -0.2) is 0 Å². The molecule has 0 aliphatic heterocycles. The first-order valence-corrected chi connectivity index (χ1v) is 13.5. The third-order valence-electron chi connectivity index (χ3n) is 10.4. The molecule has 3 fully saturated rings. The fourth-order valence-electron chi connectivity index (χ4n) is 8.56. The van der Waals surface area contributed by atoms with Crippen LogP contribution >= 0.6 is 0 Å². The fourth-order valence-corrected chi connectivity index (χ4v) is 8.56. The predicted octanol–water partition coefficient (Wildman–Crippen LogP) is 7.84. The highest BCUT2D eigenvalue weighted by Crippen LogP contribution is 2.62. The van der Waals surface area contributed by atoms with E-state index in [4.69, 9.17) is 0 Å². The Morgan fingerprint density at radius 2 is 1.66 bits per heavy atom. The van der Waals surface area contributed by atoms with E-state index < -0.39 is 5.60 Å². The second-order valence-electron chi connectivity index (χ2n) is 13.5. The third-order valence-corrected chi connectivity index (χ3v) is 10.4. The lowest BCUT2D eigenvalue weighted by atomic mass is 9.45. The summed E-state index contributed by atoms with van der Waals surface area (Å²) >= 11 is 0. The van der Waals surface area contributed by atoms with E-state index in [0.29, 0.717) is 28.6 Å². The van der Waals surface area contributed by atoms with Gasteiger partial charge in [0.15, 0.2) is 0 Å². The molecule has 2 heteroatoms. The van der Waals surface area contributed by atoms with Crippen LogP contribution in [0.2, 0.25) is 0 Å². The zero-order valence-electron chi connectivity index (χ0n) is 22.1.